The zero-order valence-electron chi connectivity index (χ0n) is 22.9. The van der Waals surface area contributed by atoms with E-state index >= 15 is 0 Å². The molecule has 2 saturated heterocycles. The number of anilines is 2. The molecule has 8 heteroatoms. The number of amides is 3. The summed E-state index contributed by atoms with van der Waals surface area (Å²) in [5.41, 5.74) is 5.49. The summed E-state index contributed by atoms with van der Waals surface area (Å²) in [6, 6.07) is 29.7. The zero-order chi connectivity index (χ0) is 29.4. The first-order valence-corrected chi connectivity index (χ1v) is 14.7. The van der Waals surface area contributed by atoms with Gasteiger partial charge in [-0.1, -0.05) is 72.3 Å². The molecule has 9 rings (SSSR count). The first-order chi connectivity index (χ1) is 20.9. The lowest BCUT2D eigenvalue weighted by Crippen LogP contribution is -2.41. The van der Waals surface area contributed by atoms with Crippen LogP contribution in [0.25, 0.3) is 0 Å². The number of carbonyl (C=O) groups excluding carboxylic acids is 4. The molecule has 3 aliphatic carbocycles. The summed E-state index contributed by atoms with van der Waals surface area (Å²) in [6.07, 6.45) is 0.0226. The summed E-state index contributed by atoms with van der Waals surface area (Å²) in [7, 11) is 0. The summed E-state index contributed by atoms with van der Waals surface area (Å²) in [4.78, 5) is 56.4. The van der Waals surface area contributed by atoms with Gasteiger partial charge in [0.15, 0.2) is 0 Å². The van der Waals surface area contributed by atoms with Gasteiger partial charge in [-0.05, 0) is 58.7 Å². The van der Waals surface area contributed by atoms with Crippen LogP contribution >= 0.6 is 11.6 Å². The third-order valence-corrected chi connectivity index (χ3v) is 9.68. The Morgan fingerprint density at radius 1 is 0.698 bits per heavy atom. The number of benzene rings is 4. The normalized spacial score (nSPS) is 25.0. The molecular formula is C35H25ClN2O5. The van der Waals surface area contributed by atoms with Crippen molar-refractivity contribution in [3.05, 3.63) is 124 Å². The molecule has 43 heavy (non-hydrogen) atoms. The van der Waals surface area contributed by atoms with Gasteiger partial charge in [-0.15, -0.1) is 0 Å². The Balaban J connectivity index is 1.02. The fourth-order valence-corrected chi connectivity index (χ4v) is 7.80. The molecule has 0 unspecified atom stereocenters. The molecule has 5 aliphatic rings. The van der Waals surface area contributed by atoms with Crippen molar-refractivity contribution in [3.8, 4) is 5.75 Å². The molecule has 0 aromatic heterocycles. The number of carbonyl (C=O) groups is 4. The molecule has 0 N–H and O–H groups in total. The number of hydrogen-bond donors (Lipinski definition) is 0. The molecule has 7 nitrogen and oxygen atoms in total. The van der Waals surface area contributed by atoms with Crippen LogP contribution in [0.5, 0.6) is 5.75 Å². The van der Waals surface area contributed by atoms with Gasteiger partial charge in [0, 0.05) is 24.8 Å². The van der Waals surface area contributed by atoms with Crippen molar-refractivity contribution < 1.29 is 23.9 Å². The van der Waals surface area contributed by atoms with Crippen LogP contribution in [0.4, 0.5) is 11.4 Å². The maximum absolute atomic E-state index is 14.0. The van der Waals surface area contributed by atoms with E-state index in [0.29, 0.717) is 16.4 Å². The molecule has 2 aliphatic heterocycles. The van der Waals surface area contributed by atoms with Gasteiger partial charge in [0.05, 0.1) is 34.2 Å². The number of para-hydroxylation sites is 1. The molecule has 3 amide bonds. The quantitative estimate of drug-likeness (QED) is 0.174. The van der Waals surface area contributed by atoms with E-state index in [4.69, 9.17) is 16.3 Å². The highest BCUT2D eigenvalue weighted by Crippen LogP contribution is 2.61. The van der Waals surface area contributed by atoms with Gasteiger partial charge in [0.25, 0.3) is 0 Å². The molecule has 0 saturated carbocycles. The topological polar surface area (TPSA) is 84.0 Å². The van der Waals surface area contributed by atoms with Crippen LogP contribution < -0.4 is 14.5 Å². The first kappa shape index (κ1) is 25.9. The first-order valence-electron chi connectivity index (χ1n) is 14.3. The van der Waals surface area contributed by atoms with E-state index in [2.05, 4.69) is 24.3 Å². The van der Waals surface area contributed by atoms with E-state index in [1.54, 1.807) is 48.5 Å². The lowest BCUT2D eigenvalue weighted by Gasteiger charge is -2.45. The Morgan fingerprint density at radius 3 is 1.74 bits per heavy atom. The average molecular weight is 589 g/mol. The molecule has 3 atom stereocenters. The van der Waals surface area contributed by atoms with Crippen molar-refractivity contribution in [2.24, 2.45) is 17.8 Å². The molecular weight excluding hydrogens is 564 g/mol. The summed E-state index contributed by atoms with van der Waals surface area (Å²) in [6.45, 7) is 0.173. The fourth-order valence-electron chi connectivity index (χ4n) is 7.56. The molecule has 2 heterocycles. The Labute approximate surface area is 252 Å². The number of nitrogens with zero attached hydrogens (tertiary/aromatic N) is 2. The van der Waals surface area contributed by atoms with Gasteiger partial charge in [0.2, 0.25) is 17.7 Å². The van der Waals surface area contributed by atoms with Crippen LogP contribution in [0.2, 0.25) is 5.02 Å². The smallest absolute Gasteiger partial charge is 0.316 e. The average Bonchev–Trinajstić information content (AvgIpc) is 3.54. The van der Waals surface area contributed by atoms with Gasteiger partial charge in [0.1, 0.15) is 5.75 Å². The Hall–Kier alpha value is -4.75. The molecule has 2 bridgehead atoms. The number of rotatable bonds is 4. The van der Waals surface area contributed by atoms with Crippen LogP contribution in [0.1, 0.15) is 40.5 Å². The predicted molar refractivity (Wildman–Crippen MR) is 160 cm³/mol. The lowest BCUT2D eigenvalue weighted by molar-refractivity contribution is -0.139. The molecule has 212 valence electrons. The van der Waals surface area contributed by atoms with E-state index < -0.39 is 23.7 Å². The van der Waals surface area contributed by atoms with E-state index in [9.17, 15) is 19.2 Å². The molecule has 0 radical (unpaired) electrons. The minimum Gasteiger partial charge on any atom is -0.426 e. The number of esters is 1. The van der Waals surface area contributed by atoms with Gasteiger partial charge in [-0.3, -0.25) is 19.2 Å². The zero-order valence-corrected chi connectivity index (χ0v) is 23.6. The van der Waals surface area contributed by atoms with E-state index in [1.165, 1.54) is 9.80 Å². The van der Waals surface area contributed by atoms with Crippen LogP contribution in [0, 0.1) is 17.8 Å². The SMILES string of the molecule is O=C(Oc1ccc(N2C(=O)[C@@H]3C4c5ccccc5C(c5ccccc54)[C@H]3C2=O)cc1)[C@H]1CC(=O)N(c2ccccc2Cl)C1. The summed E-state index contributed by atoms with van der Waals surface area (Å²) in [5.74, 6) is -2.81. The summed E-state index contributed by atoms with van der Waals surface area (Å²) < 4.78 is 5.62. The van der Waals surface area contributed by atoms with Crippen molar-refractivity contribution in [1.29, 1.82) is 0 Å². The van der Waals surface area contributed by atoms with Crippen LogP contribution in [-0.2, 0) is 19.2 Å². The maximum atomic E-state index is 14.0. The monoisotopic (exact) mass is 588 g/mol. The number of halogens is 1. The van der Waals surface area contributed by atoms with Crippen LogP contribution in [0.15, 0.2) is 97.1 Å². The fraction of sp³-hybridized carbons (Fsp3) is 0.200. The van der Waals surface area contributed by atoms with Gasteiger partial charge in [-0.2, -0.15) is 0 Å². The maximum Gasteiger partial charge on any atom is 0.316 e. The Bertz CT molecular complexity index is 1740. The summed E-state index contributed by atoms with van der Waals surface area (Å²) >= 11 is 6.26. The number of hydrogen-bond acceptors (Lipinski definition) is 5. The standard InChI is InChI=1S/C35H25ClN2O5/c36-26-11-5-6-12-27(26)37-18-19(17-28(37)39)35(42)43-21-15-13-20(14-16-21)38-33(40)31-29-22-7-1-2-8-23(22)30(32(31)34(38)41)25-10-4-3-9-24(25)29/h1-16,19,29-32H,17-18H2/t19-,29?,30?,31+,32+/m0/s1. The highest BCUT2D eigenvalue weighted by molar-refractivity contribution is 6.34. The lowest BCUT2D eigenvalue weighted by atomic mass is 9.55. The predicted octanol–water partition coefficient (Wildman–Crippen LogP) is 5.70. The van der Waals surface area contributed by atoms with Crippen LogP contribution in [-0.4, -0.2) is 30.2 Å². The van der Waals surface area contributed by atoms with Gasteiger partial charge >= 0.3 is 5.97 Å². The largest absolute Gasteiger partial charge is 0.426 e. The van der Waals surface area contributed by atoms with Gasteiger partial charge in [-0.25, -0.2) is 4.90 Å². The van der Waals surface area contributed by atoms with Gasteiger partial charge < -0.3 is 9.64 Å². The van der Waals surface area contributed by atoms with Crippen molar-refractivity contribution >= 4 is 46.7 Å². The minimum absolute atomic E-state index is 0.0226. The van der Waals surface area contributed by atoms with Crippen molar-refractivity contribution in [3.63, 3.8) is 0 Å². The summed E-state index contributed by atoms with van der Waals surface area (Å²) in [5, 5.41) is 0.437. The molecule has 4 aromatic rings. The molecule has 0 spiro atoms. The van der Waals surface area contributed by atoms with Crippen molar-refractivity contribution in [1.82, 2.24) is 0 Å². The molecule has 2 fully saturated rings. The highest BCUT2D eigenvalue weighted by atomic mass is 35.5. The third kappa shape index (κ3) is 3.81. The Kier molecular flexibility index (Phi) is 5.81. The number of imide groups is 1. The van der Waals surface area contributed by atoms with E-state index in [-0.39, 0.29) is 48.3 Å². The van der Waals surface area contributed by atoms with Crippen LogP contribution in [0.3, 0.4) is 0 Å². The second-order valence-corrected chi connectivity index (χ2v) is 12.0. The second-order valence-electron chi connectivity index (χ2n) is 11.5. The van der Waals surface area contributed by atoms with E-state index in [1.807, 2.05) is 24.3 Å². The molecule has 4 aromatic carbocycles. The van der Waals surface area contributed by atoms with E-state index in [0.717, 1.165) is 22.3 Å². The van der Waals surface area contributed by atoms with Crippen molar-refractivity contribution in [2.45, 2.75) is 18.3 Å². The Morgan fingerprint density at radius 2 is 1.21 bits per heavy atom. The minimum atomic E-state index is -0.646. The third-order valence-electron chi connectivity index (χ3n) is 9.36. The second kappa shape index (κ2) is 9.64. The highest BCUT2D eigenvalue weighted by Gasteiger charge is 2.61. The van der Waals surface area contributed by atoms with Crippen molar-refractivity contribution in [2.75, 3.05) is 16.3 Å². The number of ether oxygens (including phenoxy) is 1.